The SMILES string of the molecule is O=C(CCNCCc1c[nH]c2ccccc12)Nc1cccc(C(F)(F)F)c1. The lowest BCUT2D eigenvalue weighted by molar-refractivity contribution is -0.137. The standard InChI is InChI=1S/C20H20F3N3O/c21-20(22,23)15-4-3-5-16(12-15)26-19(27)9-11-24-10-8-14-13-25-18-7-2-1-6-17(14)18/h1-7,12-13,24-25H,8-11H2,(H,26,27). The van der Waals surface area contributed by atoms with Crippen molar-refractivity contribution < 1.29 is 18.0 Å². The zero-order chi connectivity index (χ0) is 19.3. The van der Waals surface area contributed by atoms with Gasteiger partial charge in [0.15, 0.2) is 0 Å². The third-order valence-electron chi connectivity index (χ3n) is 4.25. The first-order valence-corrected chi connectivity index (χ1v) is 8.66. The van der Waals surface area contributed by atoms with Crippen molar-refractivity contribution in [2.45, 2.75) is 19.0 Å². The molecule has 0 saturated heterocycles. The maximum Gasteiger partial charge on any atom is 0.416 e. The van der Waals surface area contributed by atoms with E-state index in [0.717, 1.165) is 24.1 Å². The van der Waals surface area contributed by atoms with Crippen LogP contribution in [0.5, 0.6) is 0 Å². The maximum absolute atomic E-state index is 12.7. The Balaban J connectivity index is 1.41. The second kappa shape index (κ2) is 8.26. The summed E-state index contributed by atoms with van der Waals surface area (Å²) in [5.74, 6) is -0.325. The van der Waals surface area contributed by atoms with E-state index >= 15 is 0 Å². The molecule has 0 unspecified atom stereocenters. The Morgan fingerprint density at radius 3 is 2.67 bits per heavy atom. The molecule has 3 N–H and O–H groups in total. The van der Waals surface area contributed by atoms with Crippen LogP contribution in [-0.2, 0) is 17.4 Å². The van der Waals surface area contributed by atoms with Gasteiger partial charge in [0, 0.05) is 35.8 Å². The van der Waals surface area contributed by atoms with Crippen LogP contribution in [0.2, 0.25) is 0 Å². The number of hydrogen-bond acceptors (Lipinski definition) is 2. The first-order valence-electron chi connectivity index (χ1n) is 8.66. The number of hydrogen-bond donors (Lipinski definition) is 3. The van der Waals surface area contributed by atoms with Crippen LogP contribution in [0.15, 0.2) is 54.7 Å². The Morgan fingerprint density at radius 1 is 1.04 bits per heavy atom. The van der Waals surface area contributed by atoms with Crippen molar-refractivity contribution in [2.75, 3.05) is 18.4 Å². The molecular formula is C20H20F3N3O. The van der Waals surface area contributed by atoms with E-state index in [1.165, 1.54) is 23.1 Å². The zero-order valence-electron chi connectivity index (χ0n) is 14.6. The summed E-state index contributed by atoms with van der Waals surface area (Å²) in [6.07, 6.45) is -1.44. The van der Waals surface area contributed by atoms with E-state index in [4.69, 9.17) is 0 Å². The van der Waals surface area contributed by atoms with Crippen LogP contribution in [-0.4, -0.2) is 24.0 Å². The highest BCUT2D eigenvalue weighted by molar-refractivity contribution is 5.90. The topological polar surface area (TPSA) is 56.9 Å². The lowest BCUT2D eigenvalue weighted by Crippen LogP contribution is -2.23. The van der Waals surface area contributed by atoms with E-state index in [-0.39, 0.29) is 18.0 Å². The Kier molecular flexibility index (Phi) is 5.81. The molecule has 2 aromatic carbocycles. The highest BCUT2D eigenvalue weighted by atomic mass is 19.4. The maximum atomic E-state index is 12.7. The number of aromatic nitrogens is 1. The fourth-order valence-corrected chi connectivity index (χ4v) is 2.89. The fourth-order valence-electron chi connectivity index (χ4n) is 2.89. The number of benzene rings is 2. The Bertz CT molecular complexity index is 918. The van der Waals surface area contributed by atoms with Gasteiger partial charge in [-0.1, -0.05) is 24.3 Å². The first kappa shape index (κ1) is 19.0. The van der Waals surface area contributed by atoms with Gasteiger partial charge in [-0.3, -0.25) is 4.79 Å². The monoisotopic (exact) mass is 375 g/mol. The molecule has 27 heavy (non-hydrogen) atoms. The average Bonchev–Trinajstić information content (AvgIpc) is 3.04. The Hall–Kier alpha value is -2.80. The third-order valence-corrected chi connectivity index (χ3v) is 4.25. The Morgan fingerprint density at radius 2 is 1.85 bits per heavy atom. The van der Waals surface area contributed by atoms with Crippen LogP contribution in [0.3, 0.4) is 0 Å². The van der Waals surface area contributed by atoms with E-state index in [1.54, 1.807) is 0 Å². The number of alkyl halides is 3. The van der Waals surface area contributed by atoms with Gasteiger partial charge in [0.25, 0.3) is 0 Å². The number of fused-ring (bicyclic) bond motifs is 1. The summed E-state index contributed by atoms with van der Waals surface area (Å²) in [5, 5.41) is 6.87. The lowest BCUT2D eigenvalue weighted by atomic mass is 10.1. The predicted molar refractivity (Wildman–Crippen MR) is 99.6 cm³/mol. The molecule has 0 bridgehead atoms. The summed E-state index contributed by atoms with van der Waals surface area (Å²) in [5.41, 5.74) is 1.66. The molecule has 4 nitrogen and oxygen atoms in total. The second-order valence-corrected chi connectivity index (χ2v) is 6.24. The largest absolute Gasteiger partial charge is 0.416 e. The smallest absolute Gasteiger partial charge is 0.361 e. The quantitative estimate of drug-likeness (QED) is 0.538. The molecule has 142 valence electrons. The van der Waals surface area contributed by atoms with Gasteiger partial charge in [-0.15, -0.1) is 0 Å². The van der Waals surface area contributed by atoms with E-state index in [1.807, 2.05) is 24.4 Å². The molecule has 1 aromatic heterocycles. The van der Waals surface area contributed by atoms with Gasteiger partial charge >= 0.3 is 6.18 Å². The van der Waals surface area contributed by atoms with Crippen LogP contribution >= 0.6 is 0 Å². The van der Waals surface area contributed by atoms with Gasteiger partial charge in [-0.25, -0.2) is 0 Å². The molecule has 0 saturated carbocycles. The summed E-state index contributed by atoms with van der Waals surface area (Å²) in [4.78, 5) is 15.1. The molecule has 0 spiro atoms. The number of aromatic amines is 1. The van der Waals surface area contributed by atoms with E-state index in [9.17, 15) is 18.0 Å². The van der Waals surface area contributed by atoms with Crippen molar-refractivity contribution in [3.05, 3.63) is 65.9 Å². The number of halogens is 3. The Labute approximate surface area is 154 Å². The normalized spacial score (nSPS) is 11.7. The van der Waals surface area contributed by atoms with Crippen LogP contribution in [0.4, 0.5) is 18.9 Å². The second-order valence-electron chi connectivity index (χ2n) is 6.24. The molecule has 0 aliphatic rings. The van der Waals surface area contributed by atoms with E-state index in [0.29, 0.717) is 13.1 Å². The first-order chi connectivity index (χ1) is 12.9. The lowest BCUT2D eigenvalue weighted by Gasteiger charge is -2.10. The van der Waals surface area contributed by atoms with Gasteiger partial charge in [0.05, 0.1) is 5.56 Å². The van der Waals surface area contributed by atoms with Gasteiger partial charge in [0.2, 0.25) is 5.91 Å². The molecule has 0 fully saturated rings. The molecule has 3 rings (SSSR count). The van der Waals surface area contributed by atoms with Crippen molar-refractivity contribution in [1.82, 2.24) is 10.3 Å². The average molecular weight is 375 g/mol. The molecule has 0 atom stereocenters. The van der Waals surface area contributed by atoms with Crippen molar-refractivity contribution in [2.24, 2.45) is 0 Å². The highest BCUT2D eigenvalue weighted by Crippen LogP contribution is 2.30. The van der Waals surface area contributed by atoms with Crippen molar-refractivity contribution in [3.63, 3.8) is 0 Å². The zero-order valence-corrected chi connectivity index (χ0v) is 14.6. The van der Waals surface area contributed by atoms with Gasteiger partial charge in [0.1, 0.15) is 0 Å². The highest BCUT2D eigenvalue weighted by Gasteiger charge is 2.30. The van der Waals surface area contributed by atoms with Crippen LogP contribution in [0.1, 0.15) is 17.5 Å². The molecule has 1 amide bonds. The van der Waals surface area contributed by atoms with Crippen molar-refractivity contribution in [3.8, 4) is 0 Å². The minimum absolute atomic E-state index is 0.147. The molecule has 0 aliphatic carbocycles. The number of carbonyl (C=O) groups excluding carboxylic acids is 1. The van der Waals surface area contributed by atoms with E-state index in [2.05, 4.69) is 21.7 Å². The predicted octanol–water partition coefficient (Wildman–Crippen LogP) is 4.35. The summed E-state index contributed by atoms with van der Waals surface area (Å²) < 4.78 is 38.0. The minimum Gasteiger partial charge on any atom is -0.361 e. The number of amides is 1. The van der Waals surface area contributed by atoms with Crippen LogP contribution in [0, 0.1) is 0 Å². The molecule has 1 heterocycles. The number of H-pyrrole nitrogens is 1. The number of rotatable bonds is 7. The summed E-state index contributed by atoms with van der Waals surface area (Å²) in [6, 6.07) is 12.7. The van der Waals surface area contributed by atoms with Gasteiger partial charge in [-0.05, 0) is 42.8 Å². The van der Waals surface area contributed by atoms with Crippen LogP contribution in [0.25, 0.3) is 10.9 Å². The minimum atomic E-state index is -4.43. The number of para-hydroxylation sites is 1. The molecular weight excluding hydrogens is 355 g/mol. The third kappa shape index (κ3) is 5.10. The van der Waals surface area contributed by atoms with E-state index < -0.39 is 11.7 Å². The van der Waals surface area contributed by atoms with Gasteiger partial charge < -0.3 is 15.6 Å². The number of carbonyl (C=O) groups is 1. The van der Waals surface area contributed by atoms with Crippen LogP contribution < -0.4 is 10.6 Å². The molecule has 0 radical (unpaired) electrons. The summed E-state index contributed by atoms with van der Waals surface area (Å²) in [7, 11) is 0. The van der Waals surface area contributed by atoms with Gasteiger partial charge in [-0.2, -0.15) is 13.2 Å². The van der Waals surface area contributed by atoms with Crippen molar-refractivity contribution in [1.29, 1.82) is 0 Å². The number of nitrogens with one attached hydrogen (secondary N) is 3. The summed E-state index contributed by atoms with van der Waals surface area (Å²) >= 11 is 0. The van der Waals surface area contributed by atoms with Crippen molar-refractivity contribution >= 4 is 22.5 Å². The molecule has 0 aliphatic heterocycles. The molecule has 3 aromatic rings. The number of anilines is 1. The fraction of sp³-hybridized carbons (Fsp3) is 0.250. The molecule has 7 heteroatoms. The summed E-state index contributed by atoms with van der Waals surface area (Å²) in [6.45, 7) is 1.16.